The molecular weight excluding hydrogens is 288 g/mol. The Morgan fingerprint density at radius 3 is 2.55 bits per heavy atom. The van der Waals surface area contributed by atoms with Gasteiger partial charge < -0.3 is 16.0 Å². The standard InChI is InChI=1S/C14H18N4O4/c1-9(19)15-6-7-16-14(20)10-2-5-12(17-11-3-4-11)13(8-10)18(21)22/h2,5,8,11,17H,3-4,6-7H2,1H3,(H,15,19)(H,16,20). The van der Waals surface area contributed by atoms with Crippen molar-refractivity contribution in [3.05, 3.63) is 33.9 Å². The third kappa shape index (κ3) is 4.44. The van der Waals surface area contributed by atoms with Crippen LogP contribution in [-0.4, -0.2) is 35.9 Å². The lowest BCUT2D eigenvalue weighted by Crippen LogP contribution is -2.33. The Balaban J connectivity index is 2.00. The van der Waals surface area contributed by atoms with Gasteiger partial charge in [-0.05, 0) is 25.0 Å². The van der Waals surface area contributed by atoms with Gasteiger partial charge in [-0.3, -0.25) is 19.7 Å². The second kappa shape index (κ2) is 6.88. The van der Waals surface area contributed by atoms with E-state index in [4.69, 9.17) is 0 Å². The van der Waals surface area contributed by atoms with Gasteiger partial charge in [0.25, 0.3) is 11.6 Å². The first kappa shape index (κ1) is 15.7. The van der Waals surface area contributed by atoms with E-state index < -0.39 is 10.8 Å². The highest BCUT2D eigenvalue weighted by atomic mass is 16.6. The Bertz CT molecular complexity index is 599. The summed E-state index contributed by atoms with van der Waals surface area (Å²) in [6.45, 7) is 1.95. The molecule has 0 atom stereocenters. The number of carbonyl (C=O) groups is 2. The number of hydrogen-bond acceptors (Lipinski definition) is 5. The molecule has 0 saturated heterocycles. The average Bonchev–Trinajstić information content (AvgIpc) is 3.27. The number of carbonyl (C=O) groups excluding carboxylic acids is 2. The van der Waals surface area contributed by atoms with Crippen molar-refractivity contribution in [1.82, 2.24) is 10.6 Å². The van der Waals surface area contributed by atoms with Gasteiger partial charge in [0.1, 0.15) is 5.69 Å². The van der Waals surface area contributed by atoms with Crippen LogP contribution in [0.5, 0.6) is 0 Å². The quantitative estimate of drug-likeness (QED) is 0.395. The summed E-state index contributed by atoms with van der Waals surface area (Å²) < 4.78 is 0. The molecule has 0 radical (unpaired) electrons. The molecule has 0 heterocycles. The van der Waals surface area contributed by atoms with Gasteiger partial charge in [-0.2, -0.15) is 0 Å². The van der Waals surface area contributed by atoms with E-state index in [-0.39, 0.29) is 29.7 Å². The number of nitro groups is 1. The van der Waals surface area contributed by atoms with Gasteiger partial charge in [-0.25, -0.2) is 0 Å². The largest absolute Gasteiger partial charge is 0.377 e. The lowest BCUT2D eigenvalue weighted by atomic mass is 10.1. The summed E-state index contributed by atoms with van der Waals surface area (Å²) in [6.07, 6.45) is 2.01. The van der Waals surface area contributed by atoms with Crippen LogP contribution >= 0.6 is 0 Å². The first-order chi connectivity index (χ1) is 10.5. The van der Waals surface area contributed by atoms with Gasteiger partial charge in [-0.1, -0.05) is 0 Å². The van der Waals surface area contributed by atoms with E-state index in [0.717, 1.165) is 12.8 Å². The van der Waals surface area contributed by atoms with E-state index in [9.17, 15) is 19.7 Å². The maximum absolute atomic E-state index is 11.9. The molecular formula is C14H18N4O4. The second-order valence-electron chi connectivity index (χ2n) is 5.15. The average molecular weight is 306 g/mol. The predicted molar refractivity (Wildman–Crippen MR) is 80.8 cm³/mol. The molecule has 1 fully saturated rings. The molecule has 8 heteroatoms. The number of hydrogen-bond donors (Lipinski definition) is 3. The molecule has 1 aromatic carbocycles. The smallest absolute Gasteiger partial charge is 0.293 e. The minimum Gasteiger partial charge on any atom is -0.377 e. The number of rotatable bonds is 7. The zero-order valence-corrected chi connectivity index (χ0v) is 12.2. The fraction of sp³-hybridized carbons (Fsp3) is 0.429. The molecule has 1 saturated carbocycles. The lowest BCUT2D eigenvalue weighted by molar-refractivity contribution is -0.384. The van der Waals surface area contributed by atoms with Crippen molar-refractivity contribution in [3.63, 3.8) is 0 Å². The van der Waals surface area contributed by atoms with Crippen LogP contribution in [0.4, 0.5) is 11.4 Å². The Hall–Kier alpha value is -2.64. The topological polar surface area (TPSA) is 113 Å². The summed E-state index contributed by atoms with van der Waals surface area (Å²) in [5.41, 5.74) is 0.541. The molecule has 2 rings (SSSR count). The molecule has 0 spiro atoms. The van der Waals surface area contributed by atoms with Crippen LogP contribution < -0.4 is 16.0 Å². The monoisotopic (exact) mass is 306 g/mol. The van der Waals surface area contributed by atoms with Gasteiger partial charge in [0.2, 0.25) is 5.91 Å². The zero-order chi connectivity index (χ0) is 16.1. The summed E-state index contributed by atoms with van der Waals surface area (Å²) in [5.74, 6) is -0.591. The molecule has 22 heavy (non-hydrogen) atoms. The highest BCUT2D eigenvalue weighted by Crippen LogP contribution is 2.31. The first-order valence-electron chi connectivity index (χ1n) is 7.05. The van der Waals surface area contributed by atoms with E-state index >= 15 is 0 Å². The van der Waals surface area contributed by atoms with Gasteiger partial charge >= 0.3 is 0 Å². The molecule has 1 aliphatic carbocycles. The van der Waals surface area contributed by atoms with Crippen LogP contribution in [-0.2, 0) is 4.79 Å². The van der Waals surface area contributed by atoms with Crippen molar-refractivity contribution in [1.29, 1.82) is 0 Å². The van der Waals surface area contributed by atoms with Crippen LogP contribution in [0, 0.1) is 10.1 Å². The summed E-state index contributed by atoms with van der Waals surface area (Å²) in [6, 6.07) is 4.65. The van der Waals surface area contributed by atoms with Crippen molar-refractivity contribution in [2.45, 2.75) is 25.8 Å². The van der Waals surface area contributed by atoms with Crippen LogP contribution in [0.1, 0.15) is 30.1 Å². The van der Waals surface area contributed by atoms with Crippen molar-refractivity contribution < 1.29 is 14.5 Å². The number of nitro benzene ring substituents is 1. The zero-order valence-electron chi connectivity index (χ0n) is 12.2. The molecule has 118 valence electrons. The third-order valence-electron chi connectivity index (χ3n) is 3.18. The lowest BCUT2D eigenvalue weighted by Gasteiger charge is -2.08. The molecule has 2 amide bonds. The summed E-state index contributed by atoms with van der Waals surface area (Å²) in [7, 11) is 0. The fourth-order valence-electron chi connectivity index (χ4n) is 1.91. The molecule has 0 aliphatic heterocycles. The molecule has 8 nitrogen and oxygen atoms in total. The second-order valence-corrected chi connectivity index (χ2v) is 5.15. The van der Waals surface area contributed by atoms with E-state index in [1.165, 1.54) is 13.0 Å². The molecule has 1 aliphatic rings. The minimum atomic E-state index is -0.501. The number of nitrogens with one attached hydrogen (secondary N) is 3. The number of anilines is 1. The maximum Gasteiger partial charge on any atom is 0.293 e. The fourth-order valence-corrected chi connectivity index (χ4v) is 1.91. The SMILES string of the molecule is CC(=O)NCCNC(=O)c1ccc(NC2CC2)c([N+](=O)[O-])c1. The summed E-state index contributed by atoms with van der Waals surface area (Å²) >= 11 is 0. The predicted octanol–water partition coefficient (Wildman–Crippen LogP) is 1.03. The van der Waals surface area contributed by atoms with Crippen molar-refractivity contribution in [3.8, 4) is 0 Å². The Morgan fingerprint density at radius 2 is 1.95 bits per heavy atom. The summed E-state index contributed by atoms with van der Waals surface area (Å²) in [5, 5.41) is 19.3. The van der Waals surface area contributed by atoms with E-state index in [2.05, 4.69) is 16.0 Å². The van der Waals surface area contributed by atoms with Gasteiger partial charge in [0.05, 0.1) is 4.92 Å². The van der Waals surface area contributed by atoms with Crippen LogP contribution in [0.15, 0.2) is 18.2 Å². The van der Waals surface area contributed by atoms with Gasteiger partial charge in [0.15, 0.2) is 0 Å². The molecule has 0 unspecified atom stereocenters. The highest BCUT2D eigenvalue weighted by Gasteiger charge is 2.25. The van der Waals surface area contributed by atoms with Gasteiger partial charge in [0, 0.05) is 37.7 Å². The first-order valence-corrected chi connectivity index (χ1v) is 7.05. The summed E-state index contributed by atoms with van der Waals surface area (Å²) in [4.78, 5) is 33.3. The van der Waals surface area contributed by atoms with E-state index in [1.54, 1.807) is 12.1 Å². The molecule has 3 N–H and O–H groups in total. The van der Waals surface area contributed by atoms with Crippen LogP contribution in [0.3, 0.4) is 0 Å². The molecule has 1 aromatic rings. The highest BCUT2D eigenvalue weighted by molar-refractivity contribution is 5.95. The number of amides is 2. The number of nitrogens with zero attached hydrogens (tertiary/aromatic N) is 1. The number of benzene rings is 1. The van der Waals surface area contributed by atoms with Crippen LogP contribution in [0.25, 0.3) is 0 Å². The van der Waals surface area contributed by atoms with Crippen LogP contribution in [0.2, 0.25) is 0 Å². The maximum atomic E-state index is 11.9. The molecule has 0 aromatic heterocycles. The van der Waals surface area contributed by atoms with Crippen molar-refractivity contribution in [2.75, 3.05) is 18.4 Å². The van der Waals surface area contributed by atoms with E-state index in [0.29, 0.717) is 12.2 Å². The van der Waals surface area contributed by atoms with Gasteiger partial charge in [-0.15, -0.1) is 0 Å². The third-order valence-corrected chi connectivity index (χ3v) is 3.18. The Kier molecular flexibility index (Phi) is 4.92. The molecule has 0 bridgehead atoms. The Morgan fingerprint density at radius 1 is 1.27 bits per heavy atom. The van der Waals surface area contributed by atoms with E-state index in [1.807, 2.05) is 0 Å². The van der Waals surface area contributed by atoms with Crippen molar-refractivity contribution >= 4 is 23.2 Å². The normalized spacial score (nSPS) is 13.3. The van der Waals surface area contributed by atoms with Crippen molar-refractivity contribution in [2.24, 2.45) is 0 Å². The Labute approximate surface area is 127 Å². The minimum absolute atomic E-state index is 0.110.